The second-order valence-corrected chi connectivity index (χ2v) is 8.58. The second kappa shape index (κ2) is 6.43. The lowest BCUT2D eigenvalue weighted by Gasteiger charge is -2.33. The lowest BCUT2D eigenvalue weighted by Crippen LogP contribution is -2.43. The molecule has 1 saturated carbocycles. The smallest absolute Gasteiger partial charge is 0.113 e. The quantitative estimate of drug-likeness (QED) is 0.901. The van der Waals surface area contributed by atoms with Gasteiger partial charge in [-0.05, 0) is 62.2 Å². The topological polar surface area (TPSA) is 82.1 Å². The first-order valence-electron chi connectivity index (χ1n) is 10.1. The summed E-state index contributed by atoms with van der Waals surface area (Å²) in [7, 11) is 0. The van der Waals surface area contributed by atoms with Crippen LogP contribution in [0.2, 0.25) is 0 Å². The van der Waals surface area contributed by atoms with E-state index in [1.807, 2.05) is 6.07 Å². The summed E-state index contributed by atoms with van der Waals surface area (Å²) in [5.74, 6) is 0.703. The van der Waals surface area contributed by atoms with Crippen molar-refractivity contribution in [1.82, 2.24) is 14.9 Å². The number of likely N-dealkylation sites (tertiary alicyclic amines) is 1. The van der Waals surface area contributed by atoms with E-state index in [-0.39, 0.29) is 0 Å². The van der Waals surface area contributed by atoms with E-state index in [4.69, 9.17) is 5.73 Å². The van der Waals surface area contributed by atoms with Crippen LogP contribution in [-0.4, -0.2) is 53.6 Å². The minimum atomic E-state index is 0.389. The number of nitrogens with zero attached hydrogens (tertiary/aromatic N) is 5. The van der Waals surface area contributed by atoms with Crippen LogP contribution >= 0.6 is 0 Å². The monoisotopic (exact) mass is 362 g/mol. The first kappa shape index (κ1) is 16.9. The first-order valence-corrected chi connectivity index (χ1v) is 10.1. The number of benzene rings is 1. The zero-order valence-corrected chi connectivity index (χ0v) is 15.6. The fraction of sp³-hybridized carbons (Fsp3) is 0.571. The summed E-state index contributed by atoms with van der Waals surface area (Å²) in [5, 5.41) is 9.38. The van der Waals surface area contributed by atoms with Gasteiger partial charge in [-0.2, -0.15) is 5.26 Å². The van der Waals surface area contributed by atoms with Gasteiger partial charge >= 0.3 is 0 Å². The van der Waals surface area contributed by atoms with Gasteiger partial charge < -0.3 is 15.5 Å². The van der Waals surface area contributed by atoms with Gasteiger partial charge in [0.1, 0.15) is 17.1 Å². The molecule has 1 aromatic carbocycles. The van der Waals surface area contributed by atoms with Crippen molar-refractivity contribution >= 4 is 16.7 Å². The number of nitrogens with two attached hydrogens (primary N) is 1. The maximum atomic E-state index is 9.38. The highest BCUT2D eigenvalue weighted by molar-refractivity contribution is 5.92. The minimum Gasteiger partial charge on any atom is -0.369 e. The predicted molar refractivity (Wildman–Crippen MR) is 105 cm³/mol. The van der Waals surface area contributed by atoms with Crippen LogP contribution in [-0.2, 0) is 0 Å². The second-order valence-electron chi connectivity index (χ2n) is 8.58. The molecule has 5 rings (SSSR count). The van der Waals surface area contributed by atoms with E-state index < -0.39 is 0 Å². The average molecular weight is 362 g/mol. The van der Waals surface area contributed by atoms with Gasteiger partial charge in [0.15, 0.2) is 0 Å². The molecule has 140 valence electrons. The fourth-order valence-electron chi connectivity index (χ4n) is 5.03. The Hall–Kier alpha value is -2.23. The molecule has 27 heavy (non-hydrogen) atoms. The van der Waals surface area contributed by atoms with E-state index in [1.54, 1.807) is 12.4 Å². The Morgan fingerprint density at radius 3 is 2.59 bits per heavy atom. The van der Waals surface area contributed by atoms with Gasteiger partial charge in [-0.25, -0.2) is 0 Å². The van der Waals surface area contributed by atoms with Crippen molar-refractivity contribution in [2.75, 3.05) is 37.6 Å². The van der Waals surface area contributed by atoms with Crippen LogP contribution < -0.4 is 10.6 Å². The number of rotatable bonds is 3. The van der Waals surface area contributed by atoms with Crippen molar-refractivity contribution in [3.05, 3.63) is 30.1 Å². The third-order valence-corrected chi connectivity index (χ3v) is 6.88. The van der Waals surface area contributed by atoms with Crippen molar-refractivity contribution in [3.63, 3.8) is 0 Å². The highest BCUT2D eigenvalue weighted by Gasteiger charge is 2.55. The van der Waals surface area contributed by atoms with Gasteiger partial charge in [-0.15, -0.1) is 0 Å². The summed E-state index contributed by atoms with van der Waals surface area (Å²) < 4.78 is 0. The van der Waals surface area contributed by atoms with Crippen molar-refractivity contribution in [1.29, 1.82) is 5.26 Å². The average Bonchev–Trinajstić information content (AvgIpc) is 3.39. The van der Waals surface area contributed by atoms with Gasteiger partial charge in [0.2, 0.25) is 0 Å². The highest BCUT2D eigenvalue weighted by atomic mass is 15.2. The predicted octanol–water partition coefficient (Wildman–Crippen LogP) is 2.14. The number of aromatic nitrogens is 2. The Bertz CT molecular complexity index is 891. The molecular weight excluding hydrogens is 336 g/mol. The maximum absolute atomic E-state index is 9.38. The molecule has 1 unspecified atom stereocenters. The summed E-state index contributed by atoms with van der Waals surface area (Å²) in [6.07, 6.45) is 8.31. The Balaban J connectivity index is 1.40. The Labute approximate surface area is 160 Å². The molecule has 1 atom stereocenters. The van der Waals surface area contributed by atoms with Crippen LogP contribution in [0.15, 0.2) is 24.5 Å². The molecule has 0 bridgehead atoms. The number of nitriles is 1. The summed E-state index contributed by atoms with van der Waals surface area (Å²) in [4.78, 5) is 14.1. The third-order valence-electron chi connectivity index (χ3n) is 6.88. The summed E-state index contributed by atoms with van der Waals surface area (Å²) in [6, 6.07) is 6.59. The van der Waals surface area contributed by atoms with E-state index in [1.165, 1.54) is 19.4 Å². The Kier molecular flexibility index (Phi) is 4.03. The molecule has 3 aliphatic rings. The van der Waals surface area contributed by atoms with Gasteiger partial charge in [-0.3, -0.25) is 9.97 Å². The molecule has 2 aromatic rings. The third kappa shape index (κ3) is 2.95. The molecule has 3 fully saturated rings. The highest BCUT2D eigenvalue weighted by Crippen LogP contribution is 2.57. The van der Waals surface area contributed by atoms with Crippen LogP contribution in [0.3, 0.4) is 0 Å². The lowest BCUT2D eigenvalue weighted by atomic mass is 9.91. The zero-order valence-electron chi connectivity index (χ0n) is 15.6. The molecule has 3 heterocycles. The van der Waals surface area contributed by atoms with Crippen LogP contribution in [0.5, 0.6) is 0 Å². The molecule has 2 saturated heterocycles. The van der Waals surface area contributed by atoms with Crippen molar-refractivity contribution in [2.45, 2.75) is 31.7 Å². The van der Waals surface area contributed by atoms with Crippen molar-refractivity contribution < 1.29 is 0 Å². The van der Waals surface area contributed by atoms with E-state index in [0.29, 0.717) is 22.9 Å². The summed E-state index contributed by atoms with van der Waals surface area (Å²) in [5.41, 5.74) is 9.86. The minimum absolute atomic E-state index is 0.389. The van der Waals surface area contributed by atoms with E-state index in [2.05, 4.69) is 31.9 Å². The maximum Gasteiger partial charge on any atom is 0.113 e. The fourth-order valence-corrected chi connectivity index (χ4v) is 5.03. The van der Waals surface area contributed by atoms with Crippen LogP contribution in [0.25, 0.3) is 11.0 Å². The van der Waals surface area contributed by atoms with E-state index in [9.17, 15) is 5.26 Å². The van der Waals surface area contributed by atoms with Gasteiger partial charge in [0.25, 0.3) is 0 Å². The normalized spacial score (nSPS) is 25.2. The first-order chi connectivity index (χ1) is 13.2. The Morgan fingerprint density at radius 1 is 1.15 bits per heavy atom. The molecule has 1 aliphatic carbocycles. The molecule has 2 N–H and O–H groups in total. The van der Waals surface area contributed by atoms with Crippen molar-refractivity contribution in [3.8, 4) is 6.07 Å². The molecule has 1 spiro atoms. The summed E-state index contributed by atoms with van der Waals surface area (Å²) in [6.45, 7) is 5.63. The Morgan fingerprint density at radius 2 is 1.89 bits per heavy atom. The van der Waals surface area contributed by atoms with Crippen LogP contribution in [0.4, 0.5) is 5.69 Å². The van der Waals surface area contributed by atoms with Crippen LogP contribution in [0.1, 0.15) is 31.2 Å². The molecular formula is C21H26N6. The number of hydrogen-bond donors (Lipinski definition) is 1. The number of hydrogen-bond acceptors (Lipinski definition) is 6. The lowest BCUT2D eigenvalue weighted by molar-refractivity contribution is 0.168. The zero-order chi connectivity index (χ0) is 18.4. The molecule has 6 heteroatoms. The standard InChI is InChI=1S/C21H26N6/c22-11-15-1-2-18(20-19(15)24-7-8-25-20)27-13-16(21(14-27)5-6-21)12-26-9-3-17(23)4-10-26/h1-2,7-8,16-17H,3-6,9-10,12-14,23H2. The van der Waals surface area contributed by atoms with Crippen LogP contribution in [0, 0.1) is 22.7 Å². The molecule has 1 aromatic heterocycles. The largest absolute Gasteiger partial charge is 0.369 e. The molecule has 6 nitrogen and oxygen atoms in total. The van der Waals surface area contributed by atoms with E-state index >= 15 is 0 Å². The van der Waals surface area contributed by atoms with E-state index in [0.717, 1.165) is 55.7 Å². The number of piperidine rings is 1. The molecule has 2 aliphatic heterocycles. The van der Waals surface area contributed by atoms with Gasteiger partial charge in [0, 0.05) is 38.1 Å². The van der Waals surface area contributed by atoms with Gasteiger partial charge in [0.05, 0.1) is 11.3 Å². The summed E-state index contributed by atoms with van der Waals surface area (Å²) >= 11 is 0. The SMILES string of the molecule is N#Cc1ccc(N2CC(CN3CCC(N)CC3)C3(CC3)C2)c2nccnc12. The van der Waals surface area contributed by atoms with Gasteiger partial charge in [-0.1, -0.05) is 0 Å². The number of fused-ring (bicyclic) bond motifs is 1. The molecule has 0 radical (unpaired) electrons. The number of anilines is 1. The molecule has 0 amide bonds. The van der Waals surface area contributed by atoms with Crippen molar-refractivity contribution in [2.24, 2.45) is 17.1 Å².